The van der Waals surface area contributed by atoms with Crippen LogP contribution in [0.3, 0.4) is 0 Å². The number of hydrogen-bond donors (Lipinski definition) is 0. The third-order valence-corrected chi connectivity index (χ3v) is 4.01. The maximum absolute atomic E-state index is 12.2. The molecule has 0 aromatic heterocycles. The number of rotatable bonds is 1. The summed E-state index contributed by atoms with van der Waals surface area (Å²) in [6.45, 7) is 1.37. The Hall–Kier alpha value is -1.64. The maximum Gasteiger partial charge on any atom is 0.303 e. The molecule has 0 amide bonds. The molecule has 2 bridgehead atoms. The summed E-state index contributed by atoms with van der Waals surface area (Å²) < 4.78 is 5.20. The fourth-order valence-electron chi connectivity index (χ4n) is 2.81. The zero-order valence-corrected chi connectivity index (χ0v) is 12.8. The lowest BCUT2D eigenvalue weighted by Crippen LogP contribution is -2.26. The van der Waals surface area contributed by atoms with Crippen LogP contribution in [0, 0.1) is 0 Å². The second kappa shape index (κ2) is 7.96. The third-order valence-electron chi connectivity index (χ3n) is 4.01. The predicted octanol–water partition coefficient (Wildman–Crippen LogP) is 3.63. The first-order valence-electron chi connectivity index (χ1n) is 7.93. The zero-order chi connectivity index (χ0) is 15.1. The van der Waals surface area contributed by atoms with Crippen LogP contribution in [0.5, 0.6) is 0 Å². The highest BCUT2D eigenvalue weighted by atomic mass is 16.5. The summed E-state index contributed by atoms with van der Waals surface area (Å²) >= 11 is 0. The van der Waals surface area contributed by atoms with Crippen LogP contribution in [-0.4, -0.2) is 17.9 Å². The lowest BCUT2D eigenvalue weighted by Gasteiger charge is -2.16. The lowest BCUT2D eigenvalue weighted by molar-refractivity contribution is -0.153. The van der Waals surface area contributed by atoms with Crippen LogP contribution in [0.25, 0.3) is 0 Å². The number of hydrogen-bond acceptors (Lipinski definition) is 3. The highest BCUT2D eigenvalue weighted by Gasteiger charge is 2.20. The number of aryl methyl sites for hydroxylation is 2. The minimum Gasteiger partial charge on any atom is -0.455 e. The molecule has 0 heterocycles. The van der Waals surface area contributed by atoms with Crippen LogP contribution in [0.4, 0.5) is 0 Å². The first-order valence-corrected chi connectivity index (χ1v) is 7.93. The number of Topliss-reactive ketones (excluding diaryl/α,β-unsaturated/α-hetero) is 1. The summed E-state index contributed by atoms with van der Waals surface area (Å²) in [5.41, 5.74) is 2.67. The van der Waals surface area contributed by atoms with Crippen LogP contribution in [0.15, 0.2) is 24.3 Å². The molecule has 0 spiro atoms. The topological polar surface area (TPSA) is 43.4 Å². The van der Waals surface area contributed by atoms with Crippen molar-refractivity contribution in [2.24, 2.45) is 0 Å². The van der Waals surface area contributed by atoms with Crippen molar-refractivity contribution in [3.8, 4) is 0 Å². The monoisotopic (exact) mass is 288 g/mol. The van der Waals surface area contributed by atoms with E-state index in [1.54, 1.807) is 0 Å². The average molecular weight is 288 g/mol. The Morgan fingerprint density at radius 2 is 1.48 bits per heavy atom. The lowest BCUT2D eigenvalue weighted by atomic mass is 9.97. The first-order chi connectivity index (χ1) is 10.1. The summed E-state index contributed by atoms with van der Waals surface area (Å²) in [4.78, 5) is 23.3. The molecule has 2 aliphatic carbocycles. The van der Waals surface area contributed by atoms with Gasteiger partial charge in [-0.25, -0.2) is 0 Å². The molecule has 2 aliphatic rings. The van der Waals surface area contributed by atoms with Gasteiger partial charge in [0.2, 0.25) is 0 Å². The van der Waals surface area contributed by atoms with E-state index in [1.165, 1.54) is 18.1 Å². The molecule has 114 valence electrons. The van der Waals surface area contributed by atoms with Gasteiger partial charge in [-0.05, 0) is 56.1 Å². The van der Waals surface area contributed by atoms with E-state index >= 15 is 0 Å². The van der Waals surface area contributed by atoms with Crippen LogP contribution < -0.4 is 0 Å². The van der Waals surface area contributed by atoms with Gasteiger partial charge in [-0.15, -0.1) is 0 Å². The van der Waals surface area contributed by atoms with E-state index in [-0.39, 0.29) is 11.8 Å². The molecule has 3 heteroatoms. The largest absolute Gasteiger partial charge is 0.455 e. The van der Waals surface area contributed by atoms with Crippen molar-refractivity contribution in [2.45, 2.75) is 64.4 Å². The fourth-order valence-corrected chi connectivity index (χ4v) is 2.81. The number of carbonyl (C=O) groups excluding carboxylic acids is 2. The second-order valence-corrected chi connectivity index (χ2v) is 5.83. The second-order valence-electron chi connectivity index (χ2n) is 5.83. The molecule has 1 aromatic carbocycles. The summed E-state index contributed by atoms with van der Waals surface area (Å²) in [7, 11) is 0. The number of esters is 1. The maximum atomic E-state index is 12.2. The van der Waals surface area contributed by atoms with Gasteiger partial charge in [-0.3, -0.25) is 9.59 Å². The molecule has 0 saturated carbocycles. The number of carbonyl (C=O) groups is 2. The van der Waals surface area contributed by atoms with Gasteiger partial charge < -0.3 is 4.74 Å². The summed E-state index contributed by atoms with van der Waals surface area (Å²) in [6.07, 6.45) is 6.43. The van der Waals surface area contributed by atoms with E-state index < -0.39 is 6.10 Å². The van der Waals surface area contributed by atoms with Crippen LogP contribution in [-0.2, 0) is 27.2 Å². The van der Waals surface area contributed by atoms with Crippen molar-refractivity contribution >= 4 is 11.8 Å². The van der Waals surface area contributed by atoms with Gasteiger partial charge >= 0.3 is 5.97 Å². The Bertz CT molecular complexity index is 476. The van der Waals surface area contributed by atoms with Gasteiger partial charge in [0.05, 0.1) is 0 Å². The van der Waals surface area contributed by atoms with E-state index in [2.05, 4.69) is 24.3 Å². The molecule has 0 N–H and O–H groups in total. The van der Waals surface area contributed by atoms with Gasteiger partial charge in [-0.1, -0.05) is 24.3 Å². The predicted molar refractivity (Wildman–Crippen MR) is 82.1 cm³/mol. The molecule has 3 nitrogen and oxygen atoms in total. The van der Waals surface area contributed by atoms with E-state index in [1.807, 2.05) is 0 Å². The van der Waals surface area contributed by atoms with Gasteiger partial charge in [0.15, 0.2) is 11.9 Å². The van der Waals surface area contributed by atoms with Crippen molar-refractivity contribution in [3.63, 3.8) is 0 Å². The summed E-state index contributed by atoms with van der Waals surface area (Å²) in [6, 6.07) is 8.81. The van der Waals surface area contributed by atoms with Gasteiger partial charge in [-0.2, -0.15) is 0 Å². The van der Waals surface area contributed by atoms with Crippen molar-refractivity contribution in [1.29, 1.82) is 0 Å². The molecule has 0 fully saturated rings. The van der Waals surface area contributed by atoms with Gasteiger partial charge in [0.25, 0.3) is 0 Å². The molecular weight excluding hydrogens is 264 g/mol. The number of fused-ring (bicyclic) bond motifs is 11. The fraction of sp³-hybridized carbons (Fsp3) is 0.556. The molecule has 1 aromatic rings. The summed E-state index contributed by atoms with van der Waals surface area (Å²) in [5.74, 6) is -0.277. The molecule has 3 rings (SSSR count). The zero-order valence-electron chi connectivity index (χ0n) is 12.8. The van der Waals surface area contributed by atoms with E-state index in [4.69, 9.17) is 4.74 Å². The molecule has 0 aliphatic heterocycles. The average Bonchev–Trinajstić information content (AvgIpc) is 2.47. The first kappa shape index (κ1) is 15.7. The van der Waals surface area contributed by atoms with Crippen molar-refractivity contribution < 1.29 is 14.3 Å². The van der Waals surface area contributed by atoms with Crippen molar-refractivity contribution in [2.75, 3.05) is 0 Å². The smallest absolute Gasteiger partial charge is 0.303 e. The normalized spacial score (nSPS) is 20.8. The highest BCUT2D eigenvalue weighted by molar-refractivity contribution is 5.85. The Balaban J connectivity index is 2.00. The van der Waals surface area contributed by atoms with E-state index in [0.29, 0.717) is 12.8 Å². The Morgan fingerprint density at radius 3 is 2.05 bits per heavy atom. The molecule has 0 saturated heterocycles. The van der Waals surface area contributed by atoms with Gasteiger partial charge in [0.1, 0.15) is 0 Å². The van der Waals surface area contributed by atoms with E-state index in [0.717, 1.165) is 38.5 Å². The van der Waals surface area contributed by atoms with E-state index in [9.17, 15) is 9.59 Å². The van der Waals surface area contributed by atoms with Crippen LogP contribution in [0.1, 0.15) is 56.6 Å². The number of benzene rings is 1. The SMILES string of the molecule is CC(=O)O[C@H]1CCCCc2ccc(cc2)CCCCC1=O. The number of ether oxygens (including phenoxy) is 1. The molecule has 21 heavy (non-hydrogen) atoms. The van der Waals surface area contributed by atoms with Gasteiger partial charge in [0, 0.05) is 13.3 Å². The van der Waals surface area contributed by atoms with Crippen LogP contribution >= 0.6 is 0 Å². The van der Waals surface area contributed by atoms with Crippen molar-refractivity contribution in [1.82, 2.24) is 0 Å². The highest BCUT2D eigenvalue weighted by Crippen LogP contribution is 2.16. The molecule has 1 atom stereocenters. The Kier molecular flexibility index (Phi) is 5.97. The minimum absolute atomic E-state index is 0.0798. The molecule has 0 radical (unpaired) electrons. The Labute approximate surface area is 126 Å². The minimum atomic E-state index is -0.536. The molecule has 0 unspecified atom stereocenters. The summed E-state index contributed by atoms with van der Waals surface area (Å²) in [5, 5.41) is 0. The molecular formula is C18H24O3. The van der Waals surface area contributed by atoms with Crippen LogP contribution in [0.2, 0.25) is 0 Å². The standard InChI is InChI=1S/C18H24O3/c1-14(19)21-18-9-5-3-7-16-12-10-15(11-13-16)6-2-4-8-17(18)20/h10-13,18H,2-9H2,1H3/t18-/m0/s1. The third kappa shape index (κ3) is 5.33. The quantitative estimate of drug-likeness (QED) is 0.741. The Morgan fingerprint density at radius 1 is 0.952 bits per heavy atom. The number of ketones is 1. The van der Waals surface area contributed by atoms with Crippen molar-refractivity contribution in [3.05, 3.63) is 35.4 Å².